The summed E-state index contributed by atoms with van der Waals surface area (Å²) in [5.74, 6) is -2.46. The Bertz CT molecular complexity index is 985. The summed E-state index contributed by atoms with van der Waals surface area (Å²) in [4.78, 5) is 43.2. The molecular formula is C28H41N3O5. The van der Waals surface area contributed by atoms with Crippen molar-refractivity contribution in [3.05, 3.63) is 30.3 Å². The maximum absolute atomic E-state index is 14.2. The van der Waals surface area contributed by atoms with Crippen molar-refractivity contribution >= 4 is 23.4 Å². The van der Waals surface area contributed by atoms with E-state index < -0.39 is 35.1 Å². The molecule has 8 nitrogen and oxygen atoms in total. The van der Waals surface area contributed by atoms with Crippen LogP contribution >= 0.6 is 0 Å². The number of para-hydroxylation sites is 1. The predicted molar refractivity (Wildman–Crippen MR) is 137 cm³/mol. The second-order valence-electron chi connectivity index (χ2n) is 11.3. The second-order valence-corrected chi connectivity index (χ2v) is 11.3. The third kappa shape index (κ3) is 4.12. The fourth-order valence-electron chi connectivity index (χ4n) is 6.78. The summed E-state index contributed by atoms with van der Waals surface area (Å²) in [6, 6.07) is 7.73. The molecule has 3 aliphatic rings. The fraction of sp³-hybridized carbons (Fsp3) is 0.679. The zero-order valence-corrected chi connectivity index (χ0v) is 22.1. The van der Waals surface area contributed by atoms with E-state index in [1.165, 1.54) is 0 Å². The number of hydrogen-bond donors (Lipinski definition) is 3. The van der Waals surface area contributed by atoms with Crippen molar-refractivity contribution in [2.45, 2.75) is 83.6 Å². The summed E-state index contributed by atoms with van der Waals surface area (Å²) in [7, 11) is 0. The molecule has 3 heterocycles. The molecule has 0 saturated carbocycles. The van der Waals surface area contributed by atoms with Gasteiger partial charge in [-0.15, -0.1) is 0 Å². The van der Waals surface area contributed by atoms with Crippen LogP contribution < -0.4 is 10.6 Å². The Balaban J connectivity index is 1.74. The number of benzene rings is 1. The third-order valence-electron chi connectivity index (χ3n) is 8.72. The number of nitrogens with one attached hydrogen (secondary N) is 2. The highest BCUT2D eigenvalue weighted by Crippen LogP contribution is 2.65. The zero-order valence-electron chi connectivity index (χ0n) is 22.1. The van der Waals surface area contributed by atoms with E-state index in [0.29, 0.717) is 18.7 Å². The number of nitrogens with zero attached hydrogens (tertiary/aromatic N) is 1. The molecule has 0 aliphatic carbocycles. The van der Waals surface area contributed by atoms with E-state index in [1.807, 2.05) is 58.0 Å². The van der Waals surface area contributed by atoms with E-state index in [0.717, 1.165) is 19.3 Å². The highest BCUT2D eigenvalue weighted by atomic mass is 16.5. The summed E-state index contributed by atoms with van der Waals surface area (Å²) in [6.07, 6.45) is 3.39. The van der Waals surface area contributed by atoms with E-state index >= 15 is 0 Å². The van der Waals surface area contributed by atoms with E-state index in [4.69, 9.17) is 4.74 Å². The van der Waals surface area contributed by atoms with Crippen LogP contribution in [0.5, 0.6) is 0 Å². The number of hydrogen-bond acceptors (Lipinski definition) is 5. The first kappa shape index (κ1) is 26.6. The molecule has 3 amide bonds. The lowest BCUT2D eigenvalue weighted by atomic mass is 9.62. The normalized spacial score (nSPS) is 33.6. The minimum atomic E-state index is -1.11. The second kappa shape index (κ2) is 10.1. The van der Waals surface area contributed by atoms with Crippen LogP contribution in [0.2, 0.25) is 0 Å². The minimum Gasteiger partial charge on any atom is -0.394 e. The molecule has 36 heavy (non-hydrogen) atoms. The molecule has 0 aromatic heterocycles. The topological polar surface area (TPSA) is 108 Å². The molecule has 198 valence electrons. The Morgan fingerprint density at radius 1 is 1.19 bits per heavy atom. The fourth-order valence-corrected chi connectivity index (χ4v) is 6.78. The average molecular weight is 500 g/mol. The van der Waals surface area contributed by atoms with Gasteiger partial charge in [-0.3, -0.25) is 14.4 Å². The van der Waals surface area contributed by atoms with Crippen LogP contribution in [0.25, 0.3) is 0 Å². The number of amides is 3. The molecule has 3 unspecified atom stereocenters. The van der Waals surface area contributed by atoms with Gasteiger partial charge in [0.1, 0.15) is 11.6 Å². The minimum absolute atomic E-state index is 0.0324. The van der Waals surface area contributed by atoms with Crippen LogP contribution in [0.4, 0.5) is 5.69 Å². The SMILES string of the molecule is CCCCCNC(=O)C1N([C@@H](CO)C(C)C)C(=O)[C@@H]2[C@@H](C(=O)Nc3ccccc3)[C@]3(C)OC12CC3C. The van der Waals surface area contributed by atoms with Crippen LogP contribution in [0.1, 0.15) is 60.3 Å². The summed E-state index contributed by atoms with van der Waals surface area (Å²) in [5, 5.41) is 16.3. The first-order valence-corrected chi connectivity index (χ1v) is 13.4. The summed E-state index contributed by atoms with van der Waals surface area (Å²) >= 11 is 0. The van der Waals surface area contributed by atoms with Crippen LogP contribution in [-0.4, -0.2) is 64.2 Å². The van der Waals surface area contributed by atoms with Crippen molar-refractivity contribution in [1.82, 2.24) is 10.2 Å². The largest absolute Gasteiger partial charge is 0.394 e. The Labute approximate surface area is 214 Å². The van der Waals surface area contributed by atoms with Gasteiger partial charge in [0.15, 0.2) is 0 Å². The van der Waals surface area contributed by atoms with Crippen molar-refractivity contribution in [3.8, 4) is 0 Å². The maximum Gasteiger partial charge on any atom is 0.245 e. The van der Waals surface area contributed by atoms with Crippen LogP contribution in [0.15, 0.2) is 30.3 Å². The Hall–Kier alpha value is -2.45. The molecule has 8 heteroatoms. The van der Waals surface area contributed by atoms with Gasteiger partial charge in [0, 0.05) is 12.2 Å². The van der Waals surface area contributed by atoms with Crippen molar-refractivity contribution in [2.75, 3.05) is 18.5 Å². The zero-order chi connectivity index (χ0) is 26.3. The molecule has 1 spiro atoms. The monoisotopic (exact) mass is 499 g/mol. The van der Waals surface area contributed by atoms with Gasteiger partial charge >= 0.3 is 0 Å². The lowest BCUT2D eigenvalue weighted by Gasteiger charge is -2.38. The standard InChI is InChI=1S/C28H41N3O5/c1-6-7-11-14-29-25(34)23-28-15-18(4)27(5,36-28)21(24(33)30-19-12-9-8-10-13-19)22(28)26(35)31(23)20(16-32)17(2)3/h8-10,12-13,17-18,20-23,32H,6-7,11,14-16H2,1-5H3,(H,29,34)(H,30,33)/t18?,20-,21-,22-,23?,27+,28?/m0/s1. The maximum atomic E-state index is 14.2. The molecular weight excluding hydrogens is 458 g/mol. The van der Waals surface area contributed by atoms with Crippen molar-refractivity contribution in [2.24, 2.45) is 23.7 Å². The van der Waals surface area contributed by atoms with Crippen molar-refractivity contribution < 1.29 is 24.2 Å². The van der Waals surface area contributed by atoms with Gasteiger partial charge in [-0.05, 0) is 43.7 Å². The van der Waals surface area contributed by atoms with Crippen LogP contribution in [0, 0.1) is 23.7 Å². The van der Waals surface area contributed by atoms with Crippen LogP contribution in [0.3, 0.4) is 0 Å². The van der Waals surface area contributed by atoms with Gasteiger partial charge in [0.05, 0.1) is 30.1 Å². The van der Waals surface area contributed by atoms with Gasteiger partial charge in [-0.1, -0.05) is 58.7 Å². The van der Waals surface area contributed by atoms with Gasteiger partial charge in [-0.2, -0.15) is 0 Å². The Kier molecular flexibility index (Phi) is 7.49. The smallest absolute Gasteiger partial charge is 0.245 e. The number of anilines is 1. The van der Waals surface area contributed by atoms with E-state index in [-0.39, 0.29) is 36.2 Å². The summed E-state index contributed by atoms with van der Waals surface area (Å²) in [6.45, 7) is 10.1. The first-order valence-electron chi connectivity index (χ1n) is 13.4. The quantitative estimate of drug-likeness (QED) is 0.429. The molecule has 3 N–H and O–H groups in total. The number of ether oxygens (including phenoxy) is 1. The molecule has 1 aromatic carbocycles. The molecule has 3 saturated heterocycles. The number of carbonyl (C=O) groups excluding carboxylic acids is 3. The van der Waals surface area contributed by atoms with Crippen molar-refractivity contribution in [1.29, 1.82) is 0 Å². The molecule has 4 rings (SSSR count). The summed E-state index contributed by atoms with van der Waals surface area (Å²) < 4.78 is 6.73. The number of fused-ring (bicyclic) bond motifs is 1. The third-order valence-corrected chi connectivity index (χ3v) is 8.72. The van der Waals surface area contributed by atoms with Gasteiger partial charge in [0.2, 0.25) is 17.7 Å². The number of carbonyl (C=O) groups is 3. The molecule has 2 bridgehead atoms. The molecule has 7 atom stereocenters. The molecule has 3 fully saturated rings. The summed E-state index contributed by atoms with van der Waals surface area (Å²) in [5.41, 5.74) is -1.34. The van der Waals surface area contributed by atoms with E-state index in [1.54, 1.807) is 4.90 Å². The lowest BCUT2D eigenvalue weighted by molar-refractivity contribution is -0.151. The molecule has 1 aromatic rings. The number of aliphatic hydroxyl groups excluding tert-OH is 1. The predicted octanol–water partition coefficient (Wildman–Crippen LogP) is 2.96. The Morgan fingerprint density at radius 2 is 1.89 bits per heavy atom. The molecule has 0 radical (unpaired) electrons. The van der Waals surface area contributed by atoms with Crippen molar-refractivity contribution in [3.63, 3.8) is 0 Å². The molecule has 3 aliphatic heterocycles. The van der Waals surface area contributed by atoms with Gasteiger partial charge < -0.3 is 25.4 Å². The van der Waals surface area contributed by atoms with E-state index in [9.17, 15) is 19.5 Å². The van der Waals surface area contributed by atoms with Crippen LogP contribution in [-0.2, 0) is 19.1 Å². The highest BCUT2D eigenvalue weighted by molar-refractivity contribution is 6.02. The number of aliphatic hydroxyl groups is 1. The Morgan fingerprint density at radius 3 is 2.50 bits per heavy atom. The number of unbranched alkanes of at least 4 members (excludes halogenated alkanes) is 2. The first-order chi connectivity index (χ1) is 17.1. The number of likely N-dealkylation sites (tertiary alicyclic amines) is 1. The van der Waals surface area contributed by atoms with E-state index in [2.05, 4.69) is 17.6 Å². The highest BCUT2D eigenvalue weighted by Gasteiger charge is 2.80. The van der Waals surface area contributed by atoms with Gasteiger partial charge in [0.25, 0.3) is 0 Å². The van der Waals surface area contributed by atoms with Gasteiger partial charge in [-0.25, -0.2) is 0 Å². The lowest BCUT2D eigenvalue weighted by Crippen LogP contribution is -2.59. The average Bonchev–Trinajstić information content (AvgIpc) is 3.35. The number of rotatable bonds is 10.